The second-order valence-electron chi connectivity index (χ2n) is 5.47. The van der Waals surface area contributed by atoms with Gasteiger partial charge in [-0.05, 0) is 24.8 Å². The topological polar surface area (TPSA) is 72.2 Å². The van der Waals surface area contributed by atoms with Crippen LogP contribution in [0.2, 0.25) is 0 Å². The highest BCUT2D eigenvalue weighted by atomic mass is 16.2. The minimum Gasteiger partial charge on any atom is -0.368 e. The third-order valence-corrected chi connectivity index (χ3v) is 3.54. The quantitative estimate of drug-likeness (QED) is 0.487. The Balaban J connectivity index is 2.32. The molecule has 1 aromatic carbocycles. The van der Waals surface area contributed by atoms with E-state index < -0.39 is 11.9 Å². The predicted octanol–water partition coefficient (Wildman–Crippen LogP) is 2.73. The van der Waals surface area contributed by atoms with Gasteiger partial charge in [-0.1, -0.05) is 55.7 Å². The van der Waals surface area contributed by atoms with Crippen LogP contribution in [0.15, 0.2) is 43.0 Å². The molecule has 0 fully saturated rings. The molecule has 4 heteroatoms. The number of carbonyl (C=O) groups excluding carboxylic acids is 2. The van der Waals surface area contributed by atoms with Gasteiger partial charge in [0.1, 0.15) is 6.04 Å². The van der Waals surface area contributed by atoms with E-state index >= 15 is 0 Å². The van der Waals surface area contributed by atoms with Crippen molar-refractivity contribution in [3.8, 4) is 0 Å². The summed E-state index contributed by atoms with van der Waals surface area (Å²) >= 11 is 0. The molecule has 0 heterocycles. The Hall–Kier alpha value is -2.10. The van der Waals surface area contributed by atoms with Gasteiger partial charge in [-0.25, -0.2) is 0 Å². The lowest BCUT2D eigenvalue weighted by Gasteiger charge is -2.15. The first-order valence-corrected chi connectivity index (χ1v) is 7.87. The molecule has 2 amide bonds. The van der Waals surface area contributed by atoms with Crippen LogP contribution in [0.5, 0.6) is 0 Å². The van der Waals surface area contributed by atoms with Crippen LogP contribution in [0.1, 0.15) is 44.1 Å². The maximum atomic E-state index is 12.0. The Morgan fingerprint density at radius 3 is 2.45 bits per heavy atom. The number of allylic oxidation sites excluding steroid dienone is 1. The van der Waals surface area contributed by atoms with Gasteiger partial charge in [0.05, 0.1) is 6.42 Å². The van der Waals surface area contributed by atoms with Crippen molar-refractivity contribution in [2.45, 2.75) is 51.0 Å². The van der Waals surface area contributed by atoms with Gasteiger partial charge in [0, 0.05) is 0 Å². The van der Waals surface area contributed by atoms with Crippen molar-refractivity contribution in [1.29, 1.82) is 0 Å². The van der Waals surface area contributed by atoms with E-state index in [-0.39, 0.29) is 12.3 Å². The monoisotopic (exact) mass is 302 g/mol. The Labute approximate surface area is 132 Å². The largest absolute Gasteiger partial charge is 0.368 e. The molecule has 1 aromatic rings. The zero-order valence-corrected chi connectivity index (χ0v) is 13.1. The fourth-order valence-electron chi connectivity index (χ4n) is 2.30. The van der Waals surface area contributed by atoms with Crippen LogP contribution < -0.4 is 11.1 Å². The van der Waals surface area contributed by atoms with Gasteiger partial charge in [-0.3, -0.25) is 9.59 Å². The summed E-state index contributed by atoms with van der Waals surface area (Å²) in [6, 6.07) is 8.88. The number of nitrogens with one attached hydrogen (secondary N) is 1. The number of rotatable bonds is 11. The highest BCUT2D eigenvalue weighted by Gasteiger charge is 2.17. The summed E-state index contributed by atoms with van der Waals surface area (Å²) in [5, 5.41) is 2.74. The number of benzene rings is 1. The summed E-state index contributed by atoms with van der Waals surface area (Å²) in [5.74, 6) is -0.630. The molecule has 3 N–H and O–H groups in total. The minimum atomic E-state index is -0.574. The van der Waals surface area contributed by atoms with Crippen molar-refractivity contribution in [3.63, 3.8) is 0 Å². The number of unbranched alkanes of at least 4 members (excludes halogenated alkanes) is 4. The van der Waals surface area contributed by atoms with E-state index in [9.17, 15) is 9.59 Å². The van der Waals surface area contributed by atoms with Crippen molar-refractivity contribution in [2.24, 2.45) is 5.73 Å². The highest BCUT2D eigenvalue weighted by molar-refractivity contribution is 5.87. The molecule has 120 valence electrons. The first-order valence-electron chi connectivity index (χ1n) is 7.87. The average molecular weight is 302 g/mol. The molecule has 0 aliphatic rings. The van der Waals surface area contributed by atoms with Crippen LogP contribution in [-0.2, 0) is 16.0 Å². The lowest BCUT2D eigenvalue weighted by Crippen LogP contribution is -2.44. The minimum absolute atomic E-state index is 0.165. The van der Waals surface area contributed by atoms with Crippen molar-refractivity contribution >= 4 is 11.8 Å². The molecule has 4 nitrogen and oxygen atoms in total. The van der Waals surface area contributed by atoms with E-state index in [1.54, 1.807) is 0 Å². The molecule has 0 aromatic heterocycles. The lowest BCUT2D eigenvalue weighted by molar-refractivity contribution is -0.127. The first kappa shape index (κ1) is 18.0. The molecular formula is C18H26N2O2. The summed E-state index contributed by atoms with van der Waals surface area (Å²) in [5.41, 5.74) is 6.30. The number of nitrogens with two attached hydrogens (primary N) is 1. The number of hydrogen-bond acceptors (Lipinski definition) is 2. The second kappa shape index (κ2) is 10.6. The molecule has 0 radical (unpaired) electrons. The van der Waals surface area contributed by atoms with Crippen LogP contribution in [0.3, 0.4) is 0 Å². The van der Waals surface area contributed by atoms with E-state index in [1.165, 1.54) is 0 Å². The highest BCUT2D eigenvalue weighted by Crippen LogP contribution is 2.08. The van der Waals surface area contributed by atoms with Crippen LogP contribution in [-0.4, -0.2) is 17.9 Å². The van der Waals surface area contributed by atoms with Gasteiger partial charge in [-0.2, -0.15) is 0 Å². The zero-order chi connectivity index (χ0) is 16.2. The van der Waals surface area contributed by atoms with Gasteiger partial charge in [-0.15, -0.1) is 6.58 Å². The van der Waals surface area contributed by atoms with E-state index in [1.807, 2.05) is 36.4 Å². The third kappa shape index (κ3) is 7.62. The van der Waals surface area contributed by atoms with Crippen LogP contribution in [0.25, 0.3) is 0 Å². The van der Waals surface area contributed by atoms with Gasteiger partial charge in [0.2, 0.25) is 11.8 Å². The number of hydrogen-bond donors (Lipinski definition) is 2. The molecular weight excluding hydrogens is 276 g/mol. The SMILES string of the molecule is C=CCCCCCC[C@@H](NC(=O)Cc1ccccc1)C(N)=O. The van der Waals surface area contributed by atoms with Crippen LogP contribution in [0.4, 0.5) is 0 Å². The van der Waals surface area contributed by atoms with Gasteiger partial charge in [0.15, 0.2) is 0 Å². The van der Waals surface area contributed by atoms with Crippen molar-refractivity contribution in [2.75, 3.05) is 0 Å². The molecule has 0 saturated heterocycles. The molecule has 1 atom stereocenters. The fraction of sp³-hybridized carbons (Fsp3) is 0.444. The summed E-state index contributed by atoms with van der Waals surface area (Å²) in [6.45, 7) is 3.69. The Morgan fingerprint density at radius 2 is 1.82 bits per heavy atom. The number of primary amides is 1. The normalized spacial score (nSPS) is 11.6. The van der Waals surface area contributed by atoms with E-state index in [0.29, 0.717) is 6.42 Å². The molecule has 0 saturated carbocycles. The fourth-order valence-corrected chi connectivity index (χ4v) is 2.30. The molecule has 0 spiro atoms. The van der Waals surface area contributed by atoms with E-state index in [0.717, 1.165) is 37.7 Å². The molecule has 0 aliphatic carbocycles. The second-order valence-corrected chi connectivity index (χ2v) is 5.47. The molecule has 0 unspecified atom stereocenters. The predicted molar refractivity (Wildman–Crippen MR) is 89.2 cm³/mol. The van der Waals surface area contributed by atoms with Gasteiger partial charge < -0.3 is 11.1 Å². The summed E-state index contributed by atoms with van der Waals surface area (Å²) in [6.07, 6.45) is 7.94. The number of carbonyl (C=O) groups is 2. The van der Waals surface area contributed by atoms with E-state index in [2.05, 4.69) is 11.9 Å². The Bertz CT molecular complexity index is 471. The first-order chi connectivity index (χ1) is 10.6. The van der Waals surface area contributed by atoms with E-state index in [4.69, 9.17) is 5.73 Å². The zero-order valence-electron chi connectivity index (χ0n) is 13.1. The van der Waals surface area contributed by atoms with Crippen LogP contribution >= 0.6 is 0 Å². The maximum Gasteiger partial charge on any atom is 0.239 e. The van der Waals surface area contributed by atoms with Gasteiger partial charge in [0.25, 0.3) is 0 Å². The lowest BCUT2D eigenvalue weighted by atomic mass is 10.0. The Kier molecular flexibility index (Phi) is 8.65. The average Bonchev–Trinajstić information content (AvgIpc) is 2.50. The van der Waals surface area contributed by atoms with Crippen molar-refractivity contribution in [1.82, 2.24) is 5.32 Å². The summed E-state index contributed by atoms with van der Waals surface area (Å²) in [4.78, 5) is 23.4. The molecule has 22 heavy (non-hydrogen) atoms. The van der Waals surface area contributed by atoms with Gasteiger partial charge >= 0.3 is 0 Å². The summed E-state index contributed by atoms with van der Waals surface area (Å²) in [7, 11) is 0. The smallest absolute Gasteiger partial charge is 0.239 e. The standard InChI is InChI=1S/C18H26N2O2/c1-2-3-4-5-6-10-13-16(18(19)22)20-17(21)14-15-11-8-7-9-12-15/h2,7-9,11-12,16H,1,3-6,10,13-14H2,(H2,19,22)(H,20,21)/t16-/m1/s1. The maximum absolute atomic E-state index is 12.0. The molecule has 1 rings (SSSR count). The van der Waals surface area contributed by atoms with Crippen molar-refractivity contribution < 1.29 is 9.59 Å². The molecule has 0 bridgehead atoms. The summed E-state index contributed by atoms with van der Waals surface area (Å²) < 4.78 is 0. The van der Waals surface area contributed by atoms with Crippen molar-refractivity contribution in [3.05, 3.63) is 48.6 Å². The Morgan fingerprint density at radius 1 is 1.14 bits per heavy atom. The molecule has 0 aliphatic heterocycles. The van der Waals surface area contributed by atoms with Crippen LogP contribution in [0, 0.1) is 0 Å². The number of amides is 2. The third-order valence-electron chi connectivity index (χ3n) is 3.54.